The molecule has 0 spiro atoms. The summed E-state index contributed by atoms with van der Waals surface area (Å²) in [5.41, 5.74) is 2.76. The number of nitrogens with one attached hydrogen (secondary N) is 3. The molecule has 1 aromatic heterocycles. The molecule has 0 radical (unpaired) electrons. The monoisotopic (exact) mass is 536 g/mol. The van der Waals surface area contributed by atoms with Crippen LogP contribution in [-0.2, 0) is 0 Å². The lowest BCUT2D eigenvalue weighted by Crippen LogP contribution is -2.38. The van der Waals surface area contributed by atoms with E-state index in [1.165, 1.54) is 0 Å². The maximum atomic E-state index is 12.8. The minimum atomic E-state index is -0.530. The van der Waals surface area contributed by atoms with Crippen molar-refractivity contribution in [3.05, 3.63) is 100 Å². The van der Waals surface area contributed by atoms with Crippen LogP contribution in [0.3, 0.4) is 0 Å². The molecule has 0 aliphatic heterocycles. The molecule has 0 saturated heterocycles. The quantitative estimate of drug-likeness (QED) is 0.181. The third-order valence-corrected chi connectivity index (χ3v) is 6.53. The van der Waals surface area contributed by atoms with Crippen LogP contribution in [-0.4, -0.2) is 22.0 Å². The first-order valence-corrected chi connectivity index (χ1v) is 12.5. The van der Waals surface area contributed by atoms with Crippen molar-refractivity contribution < 1.29 is 4.79 Å². The number of nitrogens with zero attached hydrogens (tertiary/aromatic N) is 3. The van der Waals surface area contributed by atoms with Crippen LogP contribution in [0.4, 0.5) is 22.1 Å². The molecule has 0 bridgehead atoms. The summed E-state index contributed by atoms with van der Waals surface area (Å²) in [5, 5.41) is 9.43. The Bertz CT molecular complexity index is 1390. The van der Waals surface area contributed by atoms with Gasteiger partial charge in [-0.3, -0.25) is 5.32 Å². The Kier molecular flexibility index (Phi) is 8.43. The molecule has 7 nitrogen and oxygen atoms in total. The number of hydrogen-bond acceptors (Lipinski definition) is 5. The second-order valence-electron chi connectivity index (χ2n) is 7.66. The molecule has 0 atom stereocenters. The summed E-state index contributed by atoms with van der Waals surface area (Å²) >= 11 is 13.6. The lowest BCUT2D eigenvalue weighted by Gasteiger charge is -2.15. The van der Waals surface area contributed by atoms with Gasteiger partial charge < -0.3 is 10.6 Å². The normalized spacial score (nSPS) is 11.2. The van der Waals surface area contributed by atoms with E-state index in [2.05, 4.69) is 30.9 Å². The smallest absolute Gasteiger partial charge is 0.325 e. The molecule has 0 aliphatic rings. The van der Waals surface area contributed by atoms with E-state index >= 15 is 0 Å². The van der Waals surface area contributed by atoms with E-state index in [1.807, 2.05) is 74.5 Å². The number of urea groups is 1. The minimum absolute atomic E-state index is 0.152. The molecular weight excluding hydrogens is 515 g/mol. The number of para-hydroxylation sites is 1. The van der Waals surface area contributed by atoms with Crippen molar-refractivity contribution in [2.24, 2.45) is 4.99 Å². The number of carbonyl (C=O) groups excluding carboxylic acids is 1. The predicted octanol–water partition coefficient (Wildman–Crippen LogP) is 7.47. The fourth-order valence-corrected chi connectivity index (χ4v) is 4.41. The fraction of sp³-hybridized carbons (Fsp3) is 0.0769. The highest BCUT2D eigenvalue weighted by Gasteiger charge is 2.12. The third-order valence-electron chi connectivity index (χ3n) is 4.70. The van der Waals surface area contributed by atoms with E-state index in [9.17, 15) is 4.79 Å². The summed E-state index contributed by atoms with van der Waals surface area (Å²) in [7, 11) is 0. The summed E-state index contributed by atoms with van der Waals surface area (Å²) in [5.74, 6) is 0.372. The van der Waals surface area contributed by atoms with Gasteiger partial charge in [-0.2, -0.15) is 4.99 Å². The van der Waals surface area contributed by atoms with E-state index < -0.39 is 6.03 Å². The van der Waals surface area contributed by atoms with Crippen molar-refractivity contribution >= 4 is 64.3 Å². The highest BCUT2D eigenvalue weighted by Crippen LogP contribution is 2.33. The lowest BCUT2D eigenvalue weighted by molar-refractivity contribution is 0.256. The average Bonchev–Trinajstić information content (AvgIpc) is 2.82. The van der Waals surface area contributed by atoms with Gasteiger partial charge in [0.1, 0.15) is 0 Å². The van der Waals surface area contributed by atoms with E-state index in [1.54, 1.807) is 30.0 Å². The molecule has 0 fully saturated rings. The van der Waals surface area contributed by atoms with Gasteiger partial charge in [0.25, 0.3) is 5.95 Å². The summed E-state index contributed by atoms with van der Waals surface area (Å²) in [6, 6.07) is 23.9. The Morgan fingerprint density at radius 2 is 1.53 bits per heavy atom. The minimum Gasteiger partial charge on any atom is -0.325 e. The maximum Gasteiger partial charge on any atom is 0.326 e. The molecule has 0 unspecified atom stereocenters. The predicted molar refractivity (Wildman–Crippen MR) is 148 cm³/mol. The largest absolute Gasteiger partial charge is 0.326 e. The first-order valence-electron chi connectivity index (χ1n) is 10.9. The summed E-state index contributed by atoms with van der Waals surface area (Å²) in [4.78, 5) is 28.1. The van der Waals surface area contributed by atoms with Crippen LogP contribution in [0.25, 0.3) is 0 Å². The molecule has 4 rings (SSSR count). The number of aryl methyl sites for hydroxylation is 2. The van der Waals surface area contributed by atoms with Crippen LogP contribution in [0.5, 0.6) is 0 Å². The summed E-state index contributed by atoms with van der Waals surface area (Å²) in [6.07, 6.45) is 0. The van der Waals surface area contributed by atoms with Gasteiger partial charge in [0.05, 0.1) is 15.7 Å². The molecule has 36 heavy (non-hydrogen) atoms. The van der Waals surface area contributed by atoms with Crippen molar-refractivity contribution in [2.75, 3.05) is 10.6 Å². The average molecular weight is 537 g/mol. The molecule has 3 N–H and O–H groups in total. The van der Waals surface area contributed by atoms with Gasteiger partial charge >= 0.3 is 6.03 Å². The van der Waals surface area contributed by atoms with Crippen LogP contribution in [0.15, 0.2) is 93.6 Å². The van der Waals surface area contributed by atoms with Crippen LogP contribution in [0.2, 0.25) is 10.0 Å². The Hall–Kier alpha value is -3.59. The van der Waals surface area contributed by atoms with Gasteiger partial charge in [0.2, 0.25) is 5.96 Å². The van der Waals surface area contributed by atoms with Crippen LogP contribution in [0, 0.1) is 13.8 Å². The van der Waals surface area contributed by atoms with Gasteiger partial charge in [-0.25, -0.2) is 14.8 Å². The van der Waals surface area contributed by atoms with Crippen molar-refractivity contribution in [2.45, 2.75) is 23.6 Å². The number of benzene rings is 3. The summed E-state index contributed by atoms with van der Waals surface area (Å²) in [6.45, 7) is 3.72. The summed E-state index contributed by atoms with van der Waals surface area (Å²) < 4.78 is 0. The first-order chi connectivity index (χ1) is 17.4. The standard InChI is InChI=1S/C26H22Cl2N6OS/c1-16-14-17(2)30-24(29-16)33-25(34-26(35)31-18-12-13-20(27)21(28)15-18)32-22-10-6-7-11-23(22)36-19-8-4-3-5-9-19/h3-15H,1-2H3,(H3,29,30,31,32,33,34,35). The number of anilines is 2. The number of guanidine groups is 1. The van der Waals surface area contributed by atoms with Gasteiger partial charge in [0.15, 0.2) is 0 Å². The van der Waals surface area contributed by atoms with Gasteiger partial charge in [-0.1, -0.05) is 65.3 Å². The zero-order valence-corrected chi connectivity index (χ0v) is 21.7. The lowest BCUT2D eigenvalue weighted by atomic mass is 10.3. The number of carbonyl (C=O) groups is 1. The second kappa shape index (κ2) is 11.9. The second-order valence-corrected chi connectivity index (χ2v) is 9.59. The topological polar surface area (TPSA) is 91.3 Å². The van der Waals surface area contributed by atoms with E-state index in [-0.39, 0.29) is 11.9 Å². The van der Waals surface area contributed by atoms with Gasteiger partial charge in [-0.05, 0) is 62.4 Å². The Morgan fingerprint density at radius 1 is 0.833 bits per heavy atom. The number of aliphatic imine (C=N–C) groups is 1. The first kappa shape index (κ1) is 25.5. The fourth-order valence-electron chi connectivity index (χ4n) is 3.19. The van der Waals surface area contributed by atoms with E-state index in [0.717, 1.165) is 26.9 Å². The van der Waals surface area contributed by atoms with Gasteiger partial charge in [0, 0.05) is 26.9 Å². The van der Waals surface area contributed by atoms with Gasteiger partial charge in [-0.15, -0.1) is 0 Å². The zero-order valence-electron chi connectivity index (χ0n) is 19.4. The number of rotatable bonds is 5. The van der Waals surface area contributed by atoms with Crippen LogP contribution >= 0.6 is 35.0 Å². The Morgan fingerprint density at radius 3 is 2.25 bits per heavy atom. The maximum absolute atomic E-state index is 12.8. The van der Waals surface area contributed by atoms with E-state index in [4.69, 9.17) is 23.2 Å². The third kappa shape index (κ3) is 7.21. The van der Waals surface area contributed by atoms with E-state index in [0.29, 0.717) is 15.7 Å². The molecule has 3 aromatic carbocycles. The highest BCUT2D eigenvalue weighted by molar-refractivity contribution is 7.99. The van der Waals surface area contributed by atoms with Crippen molar-refractivity contribution in [1.82, 2.24) is 15.3 Å². The number of hydrogen-bond donors (Lipinski definition) is 3. The molecule has 2 amide bonds. The molecule has 1 heterocycles. The Labute approximate surface area is 223 Å². The molecule has 0 aliphatic carbocycles. The number of halogens is 2. The molecule has 4 aromatic rings. The SMILES string of the molecule is Cc1cc(C)nc(/N=C(/NC(=O)Nc2ccc(Cl)c(Cl)c2)Nc2ccccc2Sc2ccccc2)n1. The molecular formula is C26H22Cl2N6OS. The van der Waals surface area contributed by atoms with Crippen molar-refractivity contribution in [1.29, 1.82) is 0 Å². The molecule has 0 saturated carbocycles. The van der Waals surface area contributed by atoms with Crippen LogP contribution in [0.1, 0.15) is 11.4 Å². The number of amides is 2. The van der Waals surface area contributed by atoms with Crippen molar-refractivity contribution in [3.63, 3.8) is 0 Å². The highest BCUT2D eigenvalue weighted by atomic mass is 35.5. The van der Waals surface area contributed by atoms with Crippen molar-refractivity contribution in [3.8, 4) is 0 Å². The Balaban J connectivity index is 1.62. The molecule has 182 valence electrons. The zero-order chi connectivity index (χ0) is 25.5. The molecule has 10 heteroatoms. The van der Waals surface area contributed by atoms with Crippen LogP contribution < -0.4 is 16.0 Å². The number of aromatic nitrogens is 2.